The van der Waals surface area contributed by atoms with Crippen LogP contribution in [0.25, 0.3) is 116 Å². The molecule has 8 aromatic carbocycles. The lowest BCUT2D eigenvalue weighted by Crippen LogP contribution is -2.00. The van der Waals surface area contributed by atoms with E-state index in [4.69, 9.17) is 23.8 Å². The number of benzene rings is 8. The highest BCUT2D eigenvalue weighted by Crippen LogP contribution is 2.41. The van der Waals surface area contributed by atoms with Crippen molar-refractivity contribution in [2.75, 3.05) is 0 Å². The highest BCUT2D eigenvalue weighted by molar-refractivity contribution is 6.21. The molecule has 0 atom stereocenters. The van der Waals surface area contributed by atoms with Crippen molar-refractivity contribution in [1.29, 1.82) is 0 Å². The van der Waals surface area contributed by atoms with E-state index >= 15 is 0 Å². The molecule has 6 heteroatoms. The fraction of sp³-hybridized carbons (Fsp3) is 0. The van der Waals surface area contributed by atoms with Gasteiger partial charge in [-0.3, -0.25) is 0 Å². The fourth-order valence-corrected chi connectivity index (χ4v) is 8.36. The minimum Gasteiger partial charge on any atom is -0.456 e. The molecule has 4 heterocycles. The normalized spacial score (nSPS) is 12.0. The van der Waals surface area contributed by atoms with Gasteiger partial charge in [0.25, 0.3) is 0 Å². The Morgan fingerprint density at radius 3 is 1.95 bits per heavy atom. The first kappa shape index (κ1) is 29.9. The maximum absolute atomic E-state index is 6.66. The summed E-state index contributed by atoms with van der Waals surface area (Å²) >= 11 is 0. The van der Waals surface area contributed by atoms with Gasteiger partial charge in [0.1, 0.15) is 22.3 Å². The summed E-state index contributed by atoms with van der Waals surface area (Å²) < 4.78 is 15.3. The van der Waals surface area contributed by atoms with Crippen molar-refractivity contribution in [3.05, 3.63) is 170 Å². The van der Waals surface area contributed by atoms with Crippen LogP contribution in [0, 0.1) is 0 Å². The molecule has 55 heavy (non-hydrogen) atoms. The highest BCUT2D eigenvalue weighted by atomic mass is 16.3. The van der Waals surface area contributed by atoms with Crippen molar-refractivity contribution in [3.8, 4) is 39.9 Å². The minimum atomic E-state index is 0.567. The van der Waals surface area contributed by atoms with Gasteiger partial charge in [0.2, 0.25) is 0 Å². The number of furan rings is 2. The van der Waals surface area contributed by atoms with E-state index in [0.717, 1.165) is 77.3 Å². The van der Waals surface area contributed by atoms with Crippen LogP contribution in [0.3, 0.4) is 0 Å². The Labute approximate surface area is 313 Å². The molecule has 0 saturated heterocycles. The number of nitrogens with zero attached hydrogens (tertiary/aromatic N) is 4. The van der Waals surface area contributed by atoms with Crippen LogP contribution in [0.15, 0.2) is 179 Å². The second kappa shape index (κ2) is 11.5. The standard InChI is InChI=1S/C49H28N4O2/c1-2-12-30(13-3-1)47-50-48(31-21-24-35-34-15-7-9-19-41(34)54-43(35)27-31)52-49(51-47)38-17-10-20-42-46(38)37-25-23-32(28-44(37)55-42)53-39-18-8-6-16-36(39)45-33-14-5-4-11-29(33)22-26-40(45)53/h1-28H. The summed E-state index contributed by atoms with van der Waals surface area (Å²) in [5, 5.41) is 9.03. The lowest BCUT2D eigenvalue weighted by molar-refractivity contribution is 0.668. The van der Waals surface area contributed by atoms with E-state index in [-0.39, 0.29) is 0 Å². The first-order chi connectivity index (χ1) is 27.2. The molecule has 0 aliphatic rings. The summed E-state index contributed by atoms with van der Waals surface area (Å²) in [5.41, 5.74) is 9.17. The average Bonchev–Trinajstić information content (AvgIpc) is 3.92. The Kier molecular flexibility index (Phi) is 6.24. The number of fused-ring (bicyclic) bond motifs is 11. The Hall–Kier alpha value is -7.57. The number of hydrogen-bond acceptors (Lipinski definition) is 5. The van der Waals surface area contributed by atoms with Crippen LogP contribution in [-0.4, -0.2) is 19.5 Å². The number of hydrogen-bond donors (Lipinski definition) is 0. The van der Waals surface area contributed by atoms with E-state index in [9.17, 15) is 0 Å². The second-order valence-electron chi connectivity index (χ2n) is 14.0. The van der Waals surface area contributed by atoms with Gasteiger partial charge < -0.3 is 13.4 Å². The summed E-state index contributed by atoms with van der Waals surface area (Å²) in [6.45, 7) is 0. The Bertz CT molecular complexity index is 3500. The van der Waals surface area contributed by atoms with E-state index < -0.39 is 0 Å². The van der Waals surface area contributed by atoms with Crippen molar-refractivity contribution >= 4 is 76.5 Å². The molecule has 256 valence electrons. The molecule has 0 aliphatic carbocycles. The number of aromatic nitrogens is 4. The minimum absolute atomic E-state index is 0.567. The Morgan fingerprint density at radius 2 is 1.04 bits per heavy atom. The zero-order valence-corrected chi connectivity index (χ0v) is 29.3. The molecular weight excluding hydrogens is 677 g/mol. The van der Waals surface area contributed by atoms with Crippen LogP contribution in [0.5, 0.6) is 0 Å². The smallest absolute Gasteiger partial charge is 0.164 e. The van der Waals surface area contributed by atoms with Gasteiger partial charge in [0.15, 0.2) is 17.5 Å². The summed E-state index contributed by atoms with van der Waals surface area (Å²) in [5.74, 6) is 1.73. The predicted molar refractivity (Wildman–Crippen MR) is 223 cm³/mol. The maximum Gasteiger partial charge on any atom is 0.164 e. The van der Waals surface area contributed by atoms with E-state index in [0.29, 0.717) is 17.5 Å². The van der Waals surface area contributed by atoms with Gasteiger partial charge in [-0.05, 0) is 59.3 Å². The second-order valence-corrected chi connectivity index (χ2v) is 14.0. The molecule has 0 saturated carbocycles. The number of para-hydroxylation sites is 2. The van der Waals surface area contributed by atoms with E-state index in [2.05, 4.69) is 108 Å². The summed E-state index contributed by atoms with van der Waals surface area (Å²) in [4.78, 5) is 15.2. The molecule has 0 bridgehead atoms. The zero-order chi connectivity index (χ0) is 36.0. The van der Waals surface area contributed by atoms with E-state index in [1.165, 1.54) is 21.5 Å². The van der Waals surface area contributed by atoms with Crippen molar-refractivity contribution < 1.29 is 8.83 Å². The molecular formula is C49H28N4O2. The quantitative estimate of drug-likeness (QED) is 0.182. The molecule has 0 unspecified atom stereocenters. The van der Waals surface area contributed by atoms with Crippen LogP contribution in [0.2, 0.25) is 0 Å². The van der Waals surface area contributed by atoms with Crippen LogP contribution < -0.4 is 0 Å². The van der Waals surface area contributed by atoms with Crippen molar-refractivity contribution in [2.24, 2.45) is 0 Å². The van der Waals surface area contributed by atoms with Crippen molar-refractivity contribution in [2.45, 2.75) is 0 Å². The summed E-state index contributed by atoms with van der Waals surface area (Å²) in [7, 11) is 0. The third-order valence-electron chi connectivity index (χ3n) is 10.8. The van der Waals surface area contributed by atoms with Gasteiger partial charge in [-0.1, -0.05) is 115 Å². The van der Waals surface area contributed by atoms with Gasteiger partial charge in [0.05, 0.1) is 11.0 Å². The van der Waals surface area contributed by atoms with Crippen LogP contribution >= 0.6 is 0 Å². The first-order valence-corrected chi connectivity index (χ1v) is 18.4. The molecule has 0 N–H and O–H groups in total. The fourth-order valence-electron chi connectivity index (χ4n) is 8.36. The van der Waals surface area contributed by atoms with Gasteiger partial charge >= 0.3 is 0 Å². The molecule has 12 rings (SSSR count). The van der Waals surface area contributed by atoms with Crippen LogP contribution in [0.1, 0.15) is 0 Å². The summed E-state index contributed by atoms with van der Waals surface area (Å²) in [6, 6.07) is 58.6. The van der Waals surface area contributed by atoms with Crippen LogP contribution in [-0.2, 0) is 0 Å². The molecule has 0 radical (unpaired) electrons. The topological polar surface area (TPSA) is 69.9 Å². The Morgan fingerprint density at radius 1 is 0.364 bits per heavy atom. The summed E-state index contributed by atoms with van der Waals surface area (Å²) in [6.07, 6.45) is 0. The molecule has 0 spiro atoms. The van der Waals surface area contributed by atoms with Gasteiger partial charge in [-0.25, -0.2) is 15.0 Å². The average molecular weight is 705 g/mol. The molecule has 6 nitrogen and oxygen atoms in total. The van der Waals surface area contributed by atoms with Gasteiger partial charge in [-0.2, -0.15) is 0 Å². The lowest BCUT2D eigenvalue weighted by atomic mass is 10.0. The maximum atomic E-state index is 6.66. The lowest BCUT2D eigenvalue weighted by Gasteiger charge is -2.10. The Balaban J connectivity index is 1.05. The third kappa shape index (κ3) is 4.52. The van der Waals surface area contributed by atoms with Crippen molar-refractivity contribution in [1.82, 2.24) is 19.5 Å². The molecule has 0 fully saturated rings. The number of rotatable bonds is 4. The molecule has 4 aromatic heterocycles. The molecule has 0 aliphatic heterocycles. The van der Waals surface area contributed by atoms with Crippen LogP contribution in [0.4, 0.5) is 0 Å². The van der Waals surface area contributed by atoms with Gasteiger partial charge in [-0.15, -0.1) is 0 Å². The monoisotopic (exact) mass is 704 g/mol. The van der Waals surface area contributed by atoms with E-state index in [1.54, 1.807) is 0 Å². The van der Waals surface area contributed by atoms with Gasteiger partial charge in [0, 0.05) is 60.8 Å². The molecule has 12 aromatic rings. The highest BCUT2D eigenvalue weighted by Gasteiger charge is 2.20. The molecule has 0 amide bonds. The largest absolute Gasteiger partial charge is 0.456 e. The predicted octanol–water partition coefficient (Wildman–Crippen LogP) is 12.9. The third-order valence-corrected chi connectivity index (χ3v) is 10.8. The zero-order valence-electron chi connectivity index (χ0n) is 29.3. The van der Waals surface area contributed by atoms with Crippen molar-refractivity contribution in [3.63, 3.8) is 0 Å². The van der Waals surface area contributed by atoms with E-state index in [1.807, 2.05) is 66.7 Å². The first-order valence-electron chi connectivity index (χ1n) is 18.4. The SMILES string of the molecule is c1ccc(-c2nc(-c3ccc4c(c3)oc3ccccc34)nc(-c3cccc4oc5cc(-n6c7ccccc7c7c8ccccc8ccc76)ccc5c34)n2)cc1.